The summed E-state index contributed by atoms with van der Waals surface area (Å²) in [5.41, 5.74) is 0. The topological polar surface area (TPSA) is 55.8 Å². The normalized spacial score (nSPS) is 7.69. The maximum absolute atomic E-state index is 7.24. The Morgan fingerprint density at radius 3 is 2.38 bits per heavy atom. The standard InChI is InChI=1S/C6H9N4.C2H6.K/c1-5(7)10-6(8-2)3-4-9-10;1-2;/h3-4,7H,1-2H3;1-2H3;/q-1;;+1. The van der Waals surface area contributed by atoms with E-state index < -0.39 is 0 Å². The molecule has 0 radical (unpaired) electrons. The van der Waals surface area contributed by atoms with Crippen molar-refractivity contribution in [3.05, 3.63) is 17.6 Å². The number of hydrogen-bond acceptors (Lipinski definition) is 2. The van der Waals surface area contributed by atoms with Gasteiger partial charge in [0.2, 0.25) is 0 Å². The molecule has 1 rings (SSSR count). The van der Waals surface area contributed by atoms with E-state index in [0.29, 0.717) is 11.7 Å². The SMILES string of the molecule is CC.C[N-]c1ccnn1C(C)=N.[K+]. The molecule has 1 heterocycles. The van der Waals surface area contributed by atoms with Gasteiger partial charge in [0.1, 0.15) is 0 Å². The third kappa shape index (κ3) is 4.92. The summed E-state index contributed by atoms with van der Waals surface area (Å²) in [4.78, 5) is 0. The summed E-state index contributed by atoms with van der Waals surface area (Å²) in [5.74, 6) is 1.10. The van der Waals surface area contributed by atoms with E-state index in [9.17, 15) is 0 Å². The molecule has 0 atom stereocenters. The number of rotatable bonds is 1. The molecule has 0 saturated heterocycles. The molecule has 0 spiro atoms. The Kier molecular flexibility index (Phi) is 10.8. The predicted octanol–water partition coefficient (Wildman–Crippen LogP) is -0.606. The molecule has 68 valence electrons. The molecular weight excluding hydrogens is 191 g/mol. The Bertz CT molecular complexity index is 244. The Labute approximate surface area is 122 Å². The molecule has 4 nitrogen and oxygen atoms in total. The van der Waals surface area contributed by atoms with E-state index >= 15 is 0 Å². The molecular formula is C8H15KN4. The molecule has 0 fully saturated rings. The first kappa shape index (κ1) is 15.8. The van der Waals surface area contributed by atoms with E-state index in [4.69, 9.17) is 5.41 Å². The Hall–Kier alpha value is 0.316. The molecule has 0 unspecified atom stereocenters. The van der Waals surface area contributed by atoms with Crippen LogP contribution in [-0.2, 0) is 0 Å². The molecule has 13 heavy (non-hydrogen) atoms. The van der Waals surface area contributed by atoms with Crippen molar-refractivity contribution < 1.29 is 51.4 Å². The van der Waals surface area contributed by atoms with Crippen LogP contribution in [0.3, 0.4) is 0 Å². The Morgan fingerprint density at radius 1 is 1.54 bits per heavy atom. The molecule has 0 aliphatic rings. The van der Waals surface area contributed by atoms with Gasteiger partial charge < -0.3 is 15.4 Å². The van der Waals surface area contributed by atoms with Crippen LogP contribution >= 0.6 is 0 Å². The zero-order chi connectivity index (χ0) is 9.56. The summed E-state index contributed by atoms with van der Waals surface area (Å²) in [6, 6.07) is 1.76. The van der Waals surface area contributed by atoms with Crippen LogP contribution in [-0.4, -0.2) is 22.7 Å². The van der Waals surface area contributed by atoms with Crippen LogP contribution in [0.5, 0.6) is 0 Å². The van der Waals surface area contributed by atoms with Crippen LogP contribution in [0.1, 0.15) is 20.8 Å². The number of hydrogen-bond donors (Lipinski definition) is 1. The summed E-state index contributed by atoms with van der Waals surface area (Å²) in [7, 11) is 1.68. The molecule has 0 bridgehead atoms. The molecule has 0 aliphatic carbocycles. The second-order valence-electron chi connectivity index (χ2n) is 1.91. The maximum atomic E-state index is 7.24. The van der Waals surface area contributed by atoms with Gasteiger partial charge in [-0.3, -0.25) is 5.10 Å². The van der Waals surface area contributed by atoms with Crippen molar-refractivity contribution in [2.45, 2.75) is 20.8 Å². The van der Waals surface area contributed by atoms with Crippen molar-refractivity contribution >= 4 is 11.7 Å². The van der Waals surface area contributed by atoms with E-state index in [0.717, 1.165) is 0 Å². The van der Waals surface area contributed by atoms with Gasteiger partial charge in [0.05, 0.1) is 0 Å². The summed E-state index contributed by atoms with van der Waals surface area (Å²) in [6.07, 6.45) is 1.63. The Morgan fingerprint density at radius 2 is 2.08 bits per heavy atom. The fraction of sp³-hybridized carbons (Fsp3) is 0.500. The largest absolute Gasteiger partial charge is 1.00 e. The Balaban J connectivity index is 0. The van der Waals surface area contributed by atoms with E-state index in [1.165, 1.54) is 4.68 Å². The predicted molar refractivity (Wildman–Crippen MR) is 51.3 cm³/mol. The average molecular weight is 206 g/mol. The van der Waals surface area contributed by atoms with Crippen LogP contribution in [0.25, 0.3) is 5.32 Å². The van der Waals surface area contributed by atoms with Crippen molar-refractivity contribution in [2.75, 3.05) is 7.05 Å². The van der Waals surface area contributed by atoms with E-state index in [1.807, 2.05) is 13.8 Å². The van der Waals surface area contributed by atoms with Gasteiger partial charge in [0, 0.05) is 12.0 Å². The summed E-state index contributed by atoms with van der Waals surface area (Å²) in [5, 5.41) is 15.0. The number of nitrogens with zero attached hydrogens (tertiary/aromatic N) is 3. The molecule has 5 heteroatoms. The van der Waals surface area contributed by atoms with Crippen LogP contribution in [0, 0.1) is 5.41 Å². The molecule has 0 aromatic carbocycles. The summed E-state index contributed by atoms with van der Waals surface area (Å²) >= 11 is 0. The monoisotopic (exact) mass is 206 g/mol. The van der Waals surface area contributed by atoms with E-state index in [-0.39, 0.29) is 51.4 Å². The summed E-state index contributed by atoms with van der Waals surface area (Å²) < 4.78 is 1.47. The van der Waals surface area contributed by atoms with Gasteiger partial charge >= 0.3 is 51.4 Å². The summed E-state index contributed by atoms with van der Waals surface area (Å²) in [6.45, 7) is 5.67. The van der Waals surface area contributed by atoms with Gasteiger partial charge in [-0.05, 0) is 18.8 Å². The van der Waals surface area contributed by atoms with Gasteiger partial charge in [-0.25, -0.2) is 0 Å². The van der Waals surface area contributed by atoms with Crippen molar-refractivity contribution in [1.29, 1.82) is 5.41 Å². The van der Waals surface area contributed by atoms with Crippen LogP contribution in [0.15, 0.2) is 12.3 Å². The van der Waals surface area contributed by atoms with Crippen molar-refractivity contribution in [2.24, 2.45) is 0 Å². The zero-order valence-corrected chi connectivity index (χ0v) is 12.1. The van der Waals surface area contributed by atoms with Gasteiger partial charge in [-0.2, -0.15) is 0 Å². The van der Waals surface area contributed by atoms with E-state index in [2.05, 4.69) is 10.4 Å². The fourth-order valence-corrected chi connectivity index (χ4v) is 0.724. The van der Waals surface area contributed by atoms with Crippen LogP contribution in [0.4, 0.5) is 5.82 Å². The van der Waals surface area contributed by atoms with Crippen molar-refractivity contribution in [1.82, 2.24) is 9.78 Å². The molecule has 1 N–H and O–H groups in total. The van der Waals surface area contributed by atoms with Gasteiger partial charge in [0.25, 0.3) is 0 Å². The molecule has 1 aromatic rings. The second kappa shape index (κ2) is 8.89. The fourth-order valence-electron chi connectivity index (χ4n) is 0.724. The smallest absolute Gasteiger partial charge is 0.467 e. The van der Waals surface area contributed by atoms with Gasteiger partial charge in [-0.1, -0.05) is 20.9 Å². The maximum Gasteiger partial charge on any atom is 1.00 e. The van der Waals surface area contributed by atoms with Crippen molar-refractivity contribution in [3.63, 3.8) is 0 Å². The van der Waals surface area contributed by atoms with Crippen LogP contribution in [0.2, 0.25) is 0 Å². The third-order valence-corrected chi connectivity index (χ3v) is 1.17. The average Bonchev–Trinajstić information content (AvgIpc) is 2.55. The molecule has 0 saturated carbocycles. The quantitative estimate of drug-likeness (QED) is 0.372. The minimum atomic E-state index is 0. The zero-order valence-electron chi connectivity index (χ0n) is 9.00. The molecule has 0 aliphatic heterocycles. The third-order valence-electron chi connectivity index (χ3n) is 1.17. The van der Waals surface area contributed by atoms with Crippen LogP contribution < -0.4 is 51.4 Å². The van der Waals surface area contributed by atoms with E-state index in [1.54, 1.807) is 26.2 Å². The first-order valence-electron chi connectivity index (χ1n) is 3.95. The van der Waals surface area contributed by atoms with Crippen molar-refractivity contribution in [3.8, 4) is 0 Å². The van der Waals surface area contributed by atoms with Gasteiger partial charge in [-0.15, -0.1) is 0 Å². The number of nitrogens with one attached hydrogen (secondary N) is 1. The van der Waals surface area contributed by atoms with Gasteiger partial charge in [0.15, 0.2) is 0 Å². The molecule has 0 amide bonds. The number of aromatic nitrogens is 2. The minimum absolute atomic E-state index is 0. The minimum Gasteiger partial charge on any atom is -0.467 e. The first-order chi connectivity index (χ1) is 5.75. The first-order valence-corrected chi connectivity index (χ1v) is 3.95. The second-order valence-corrected chi connectivity index (χ2v) is 1.91. The molecule has 1 aromatic heterocycles.